The van der Waals surface area contributed by atoms with E-state index in [4.69, 9.17) is 16.9 Å². The number of amidine groups is 1. The van der Waals surface area contributed by atoms with E-state index in [1.54, 1.807) is 0 Å². The van der Waals surface area contributed by atoms with Gasteiger partial charge in [-0.25, -0.2) is 0 Å². The lowest BCUT2D eigenvalue weighted by molar-refractivity contribution is 0.670. The van der Waals surface area contributed by atoms with Crippen molar-refractivity contribution in [2.45, 2.75) is 32.2 Å². The minimum Gasteiger partial charge on any atom is -0.386 e. The highest BCUT2D eigenvalue weighted by Crippen LogP contribution is 1.96. The minimum atomic E-state index is -0.218. The summed E-state index contributed by atoms with van der Waals surface area (Å²) < 4.78 is 0. The van der Waals surface area contributed by atoms with E-state index in [1.165, 1.54) is 0 Å². The summed E-state index contributed by atoms with van der Waals surface area (Å²) in [5.74, 6) is 0.100. The van der Waals surface area contributed by atoms with Crippen LogP contribution in [0.5, 0.6) is 0 Å². The Morgan fingerprint density at radius 2 is 2.22 bits per heavy atom. The van der Waals surface area contributed by atoms with Crippen LogP contribution >= 0.6 is 0 Å². The molecule has 0 aliphatic rings. The normalized spacial score (nSPS) is 13.1. The van der Waals surface area contributed by atoms with Gasteiger partial charge in [0, 0.05) is 0 Å². The maximum absolute atomic E-state index is 6.93. The molecule has 0 heterocycles. The van der Waals surface area contributed by atoms with Crippen molar-refractivity contribution in [1.29, 1.82) is 5.41 Å². The standard InChI is InChI=1S/C6H15N3/c1-2-3-4-5(7)6(8)9/h5H,2-4,7H2,1H3,(H3,8,9). The third kappa shape index (κ3) is 3.97. The molecule has 0 aliphatic carbocycles. The molecule has 3 nitrogen and oxygen atoms in total. The number of nitrogens with one attached hydrogen (secondary N) is 1. The molecule has 1 atom stereocenters. The SMILES string of the molecule is CCCCC(N)C(=N)N. The van der Waals surface area contributed by atoms with E-state index < -0.39 is 0 Å². The molecule has 0 bridgehead atoms. The van der Waals surface area contributed by atoms with Crippen LogP contribution in [0.1, 0.15) is 26.2 Å². The molecule has 0 radical (unpaired) electrons. The van der Waals surface area contributed by atoms with Crippen molar-refractivity contribution in [1.82, 2.24) is 0 Å². The molecule has 54 valence electrons. The second kappa shape index (κ2) is 4.32. The molecule has 3 heteroatoms. The third-order valence-corrected chi connectivity index (χ3v) is 1.27. The van der Waals surface area contributed by atoms with Gasteiger partial charge >= 0.3 is 0 Å². The van der Waals surface area contributed by atoms with Crippen LogP contribution in [0.4, 0.5) is 0 Å². The van der Waals surface area contributed by atoms with Gasteiger partial charge in [-0.15, -0.1) is 0 Å². The Hall–Kier alpha value is -0.570. The van der Waals surface area contributed by atoms with Gasteiger partial charge in [0.15, 0.2) is 0 Å². The molecule has 0 fully saturated rings. The number of rotatable bonds is 4. The molecule has 0 aromatic rings. The van der Waals surface area contributed by atoms with Crippen molar-refractivity contribution < 1.29 is 0 Å². The summed E-state index contributed by atoms with van der Waals surface area (Å²) in [6, 6.07) is -0.218. The fraction of sp³-hybridized carbons (Fsp3) is 0.833. The van der Waals surface area contributed by atoms with E-state index in [-0.39, 0.29) is 11.9 Å². The summed E-state index contributed by atoms with van der Waals surface area (Å²) in [7, 11) is 0. The zero-order chi connectivity index (χ0) is 7.28. The van der Waals surface area contributed by atoms with Gasteiger partial charge in [-0.1, -0.05) is 19.8 Å². The van der Waals surface area contributed by atoms with Crippen molar-refractivity contribution in [3.05, 3.63) is 0 Å². The van der Waals surface area contributed by atoms with Gasteiger partial charge in [0.05, 0.1) is 6.04 Å². The molecule has 0 saturated heterocycles. The molecule has 0 rings (SSSR count). The quantitative estimate of drug-likeness (QED) is 0.380. The summed E-state index contributed by atoms with van der Waals surface area (Å²) >= 11 is 0. The number of hydrogen-bond acceptors (Lipinski definition) is 2. The molecule has 0 spiro atoms. The van der Waals surface area contributed by atoms with Gasteiger partial charge in [-0.3, -0.25) is 5.41 Å². The van der Waals surface area contributed by atoms with E-state index in [0.29, 0.717) is 0 Å². The maximum Gasteiger partial charge on any atom is 0.108 e. The van der Waals surface area contributed by atoms with Gasteiger partial charge in [0.1, 0.15) is 5.84 Å². The Morgan fingerprint density at radius 1 is 1.67 bits per heavy atom. The summed E-state index contributed by atoms with van der Waals surface area (Å²) in [6.07, 6.45) is 3.01. The lowest BCUT2D eigenvalue weighted by atomic mass is 10.1. The van der Waals surface area contributed by atoms with Crippen molar-refractivity contribution in [2.24, 2.45) is 11.5 Å². The van der Waals surface area contributed by atoms with Crippen LogP contribution in [0.15, 0.2) is 0 Å². The summed E-state index contributed by atoms with van der Waals surface area (Å²) in [5.41, 5.74) is 10.6. The van der Waals surface area contributed by atoms with E-state index in [1.807, 2.05) is 0 Å². The topological polar surface area (TPSA) is 75.9 Å². The molecule has 9 heavy (non-hydrogen) atoms. The van der Waals surface area contributed by atoms with Crippen LogP contribution in [0.3, 0.4) is 0 Å². The number of nitrogens with two attached hydrogens (primary N) is 2. The number of unbranched alkanes of at least 4 members (excludes halogenated alkanes) is 1. The first kappa shape index (κ1) is 8.43. The first-order chi connectivity index (χ1) is 4.18. The fourth-order valence-corrected chi connectivity index (χ4v) is 0.580. The Kier molecular flexibility index (Phi) is 4.05. The van der Waals surface area contributed by atoms with Crippen molar-refractivity contribution in [3.8, 4) is 0 Å². The molecule has 1 unspecified atom stereocenters. The Balaban J connectivity index is 3.27. The van der Waals surface area contributed by atoms with Gasteiger partial charge in [0.25, 0.3) is 0 Å². The summed E-state index contributed by atoms with van der Waals surface area (Å²) in [4.78, 5) is 0. The minimum absolute atomic E-state index is 0.100. The maximum atomic E-state index is 6.93. The smallest absolute Gasteiger partial charge is 0.108 e. The van der Waals surface area contributed by atoms with Gasteiger partial charge in [-0.2, -0.15) is 0 Å². The average Bonchev–Trinajstić information content (AvgIpc) is 1.82. The molecule has 0 saturated carbocycles. The van der Waals surface area contributed by atoms with E-state index in [0.717, 1.165) is 19.3 Å². The predicted octanol–water partition coefficient (Wildman–Crippen LogP) is 0.440. The molecule has 0 aliphatic heterocycles. The van der Waals surface area contributed by atoms with E-state index >= 15 is 0 Å². The van der Waals surface area contributed by atoms with Crippen molar-refractivity contribution in [2.75, 3.05) is 0 Å². The molecule has 0 amide bonds. The Bertz CT molecular complexity index is 90.3. The number of hydrogen-bond donors (Lipinski definition) is 3. The molecule has 0 aromatic carbocycles. The highest BCUT2D eigenvalue weighted by atomic mass is 14.8. The highest BCUT2D eigenvalue weighted by molar-refractivity contribution is 5.82. The lowest BCUT2D eigenvalue weighted by Gasteiger charge is -2.06. The molecule has 0 aromatic heterocycles. The average molecular weight is 129 g/mol. The fourth-order valence-electron chi connectivity index (χ4n) is 0.580. The van der Waals surface area contributed by atoms with Crippen molar-refractivity contribution >= 4 is 5.84 Å². The zero-order valence-electron chi connectivity index (χ0n) is 5.85. The van der Waals surface area contributed by atoms with Crippen LogP contribution in [-0.4, -0.2) is 11.9 Å². The highest BCUT2D eigenvalue weighted by Gasteiger charge is 2.02. The van der Waals surface area contributed by atoms with E-state index in [2.05, 4.69) is 6.92 Å². The second-order valence-corrected chi connectivity index (χ2v) is 2.20. The van der Waals surface area contributed by atoms with Crippen LogP contribution in [0.2, 0.25) is 0 Å². The van der Waals surface area contributed by atoms with Crippen LogP contribution in [0.25, 0.3) is 0 Å². The first-order valence-corrected chi connectivity index (χ1v) is 3.28. The Labute approximate surface area is 55.9 Å². The lowest BCUT2D eigenvalue weighted by Crippen LogP contribution is -2.35. The monoisotopic (exact) mass is 129 g/mol. The summed E-state index contributed by atoms with van der Waals surface area (Å²) in [5, 5.41) is 6.93. The second-order valence-electron chi connectivity index (χ2n) is 2.20. The zero-order valence-corrected chi connectivity index (χ0v) is 5.85. The van der Waals surface area contributed by atoms with Crippen LogP contribution in [-0.2, 0) is 0 Å². The molecular formula is C6H15N3. The largest absolute Gasteiger partial charge is 0.386 e. The van der Waals surface area contributed by atoms with Crippen molar-refractivity contribution in [3.63, 3.8) is 0 Å². The molecular weight excluding hydrogens is 114 g/mol. The third-order valence-electron chi connectivity index (χ3n) is 1.27. The van der Waals surface area contributed by atoms with Gasteiger partial charge < -0.3 is 11.5 Å². The molecule has 5 N–H and O–H groups in total. The Morgan fingerprint density at radius 3 is 2.56 bits per heavy atom. The van der Waals surface area contributed by atoms with Gasteiger partial charge in [0.2, 0.25) is 0 Å². The van der Waals surface area contributed by atoms with E-state index in [9.17, 15) is 0 Å². The first-order valence-electron chi connectivity index (χ1n) is 3.28. The van der Waals surface area contributed by atoms with Crippen LogP contribution in [0, 0.1) is 5.41 Å². The summed E-state index contributed by atoms with van der Waals surface area (Å²) in [6.45, 7) is 2.09. The predicted molar refractivity (Wildman–Crippen MR) is 39.4 cm³/mol. The van der Waals surface area contributed by atoms with Gasteiger partial charge in [-0.05, 0) is 6.42 Å². The van der Waals surface area contributed by atoms with Crippen LogP contribution < -0.4 is 11.5 Å².